The van der Waals surface area contributed by atoms with E-state index in [4.69, 9.17) is 9.47 Å². The molecule has 1 heterocycles. The van der Waals surface area contributed by atoms with Crippen LogP contribution in [0.4, 0.5) is 5.69 Å². The Morgan fingerprint density at radius 3 is 2.39 bits per heavy atom. The highest BCUT2D eigenvalue weighted by molar-refractivity contribution is 5.88. The van der Waals surface area contributed by atoms with Gasteiger partial charge in [0.15, 0.2) is 6.61 Å². The van der Waals surface area contributed by atoms with Crippen LogP contribution in [0.2, 0.25) is 0 Å². The van der Waals surface area contributed by atoms with Gasteiger partial charge >= 0.3 is 5.97 Å². The Morgan fingerprint density at radius 1 is 1.07 bits per heavy atom. The second kappa shape index (κ2) is 8.56. The van der Waals surface area contributed by atoms with Gasteiger partial charge in [-0.3, -0.25) is 9.59 Å². The summed E-state index contributed by atoms with van der Waals surface area (Å²) in [5, 5.41) is 2.66. The Bertz CT molecular complexity index is 879. The van der Waals surface area contributed by atoms with Crippen molar-refractivity contribution in [1.29, 1.82) is 0 Å². The maximum absolute atomic E-state index is 12.8. The van der Waals surface area contributed by atoms with Crippen molar-refractivity contribution in [2.24, 2.45) is 0 Å². The Hall–Kier alpha value is -3.35. The highest BCUT2D eigenvalue weighted by Gasteiger charge is 2.35. The minimum Gasteiger partial charge on any atom is -0.484 e. The van der Waals surface area contributed by atoms with Crippen molar-refractivity contribution >= 4 is 23.5 Å². The van der Waals surface area contributed by atoms with Crippen LogP contribution in [0.5, 0.6) is 5.75 Å². The second-order valence-corrected chi connectivity index (χ2v) is 6.53. The number of carbonyl (C=O) groups is 3. The maximum atomic E-state index is 12.8. The molecule has 7 nitrogen and oxygen atoms in total. The number of hydrogen-bond acceptors (Lipinski definition) is 5. The normalized spacial score (nSPS) is 15.4. The summed E-state index contributed by atoms with van der Waals surface area (Å²) in [5.41, 5.74) is 2.69. The van der Waals surface area contributed by atoms with Crippen molar-refractivity contribution in [3.05, 3.63) is 59.7 Å². The van der Waals surface area contributed by atoms with Crippen molar-refractivity contribution in [2.75, 3.05) is 19.0 Å². The number of fused-ring (bicyclic) bond motifs is 1. The van der Waals surface area contributed by atoms with E-state index in [9.17, 15) is 14.4 Å². The molecule has 0 aliphatic carbocycles. The summed E-state index contributed by atoms with van der Waals surface area (Å²) in [6.45, 7) is 1.56. The van der Waals surface area contributed by atoms with E-state index >= 15 is 0 Å². The van der Waals surface area contributed by atoms with E-state index in [1.165, 1.54) is 18.9 Å². The molecule has 0 saturated heterocycles. The van der Waals surface area contributed by atoms with Gasteiger partial charge in [0.2, 0.25) is 5.91 Å². The lowest BCUT2D eigenvalue weighted by Crippen LogP contribution is -2.50. The molecule has 0 fully saturated rings. The minimum absolute atomic E-state index is 0.164. The lowest BCUT2D eigenvalue weighted by atomic mass is 9.94. The molecule has 28 heavy (non-hydrogen) atoms. The molecule has 0 bridgehead atoms. The maximum Gasteiger partial charge on any atom is 0.328 e. The van der Waals surface area contributed by atoms with Crippen molar-refractivity contribution in [2.45, 2.75) is 25.9 Å². The number of benzene rings is 2. The van der Waals surface area contributed by atoms with Gasteiger partial charge in [0.25, 0.3) is 5.91 Å². The summed E-state index contributed by atoms with van der Waals surface area (Å²) in [6, 6.07) is 13.8. The number of hydrogen-bond donors (Lipinski definition) is 1. The van der Waals surface area contributed by atoms with Crippen molar-refractivity contribution in [3.63, 3.8) is 0 Å². The molecular formula is C21H22N2O5. The number of esters is 1. The van der Waals surface area contributed by atoms with Crippen molar-refractivity contribution < 1.29 is 23.9 Å². The lowest BCUT2D eigenvalue weighted by Gasteiger charge is -2.35. The smallest absolute Gasteiger partial charge is 0.328 e. The van der Waals surface area contributed by atoms with Crippen LogP contribution in [0.1, 0.15) is 18.1 Å². The number of anilines is 1. The highest BCUT2D eigenvalue weighted by Crippen LogP contribution is 2.24. The van der Waals surface area contributed by atoms with E-state index in [1.54, 1.807) is 24.3 Å². The number of ether oxygens (including phenoxy) is 2. The Labute approximate surface area is 163 Å². The van der Waals surface area contributed by atoms with E-state index < -0.39 is 12.0 Å². The third-order valence-electron chi connectivity index (χ3n) is 4.58. The van der Waals surface area contributed by atoms with Gasteiger partial charge < -0.3 is 19.7 Å². The first-order valence-corrected chi connectivity index (χ1v) is 8.92. The van der Waals surface area contributed by atoms with Crippen LogP contribution in [-0.4, -0.2) is 42.4 Å². The molecule has 0 spiro atoms. The van der Waals surface area contributed by atoms with Crippen LogP contribution in [0.15, 0.2) is 48.5 Å². The molecule has 7 heteroatoms. The predicted octanol–water partition coefficient (Wildman–Crippen LogP) is 2.15. The Kier molecular flexibility index (Phi) is 5.93. The van der Waals surface area contributed by atoms with E-state index in [2.05, 4.69) is 5.32 Å². The van der Waals surface area contributed by atoms with Gasteiger partial charge in [-0.1, -0.05) is 24.3 Å². The van der Waals surface area contributed by atoms with Gasteiger partial charge in [-0.05, 0) is 35.4 Å². The zero-order chi connectivity index (χ0) is 20.1. The first-order valence-electron chi connectivity index (χ1n) is 8.92. The summed E-state index contributed by atoms with van der Waals surface area (Å²) in [5.74, 6) is -0.407. The molecule has 2 aromatic carbocycles. The Morgan fingerprint density at radius 2 is 1.75 bits per heavy atom. The molecule has 0 radical (unpaired) electrons. The van der Waals surface area contributed by atoms with Crippen LogP contribution >= 0.6 is 0 Å². The first-order chi connectivity index (χ1) is 13.5. The number of rotatable bonds is 5. The SMILES string of the molecule is COC(=O)[C@@H]1Cc2ccccc2CN1C(=O)COc1ccc(NC(C)=O)cc1. The monoisotopic (exact) mass is 382 g/mol. The number of carbonyl (C=O) groups excluding carboxylic acids is 3. The summed E-state index contributed by atoms with van der Waals surface area (Å²) in [4.78, 5) is 37.5. The van der Waals surface area contributed by atoms with Crippen molar-refractivity contribution in [3.8, 4) is 5.75 Å². The zero-order valence-electron chi connectivity index (χ0n) is 15.8. The summed E-state index contributed by atoms with van der Waals surface area (Å²) in [6.07, 6.45) is 0.417. The van der Waals surface area contributed by atoms with Gasteiger partial charge in [0, 0.05) is 25.6 Å². The van der Waals surface area contributed by atoms with Gasteiger partial charge in [-0.15, -0.1) is 0 Å². The van der Waals surface area contributed by atoms with Crippen molar-refractivity contribution in [1.82, 2.24) is 4.90 Å². The summed E-state index contributed by atoms with van der Waals surface area (Å²) < 4.78 is 10.5. The molecule has 1 aliphatic rings. The molecule has 2 aromatic rings. The fourth-order valence-electron chi connectivity index (χ4n) is 3.20. The molecule has 1 atom stereocenters. The van der Waals surface area contributed by atoms with Gasteiger partial charge in [0.05, 0.1) is 7.11 Å². The molecule has 1 aliphatic heterocycles. The fraction of sp³-hybridized carbons (Fsp3) is 0.286. The summed E-state index contributed by atoms with van der Waals surface area (Å²) in [7, 11) is 1.32. The summed E-state index contributed by atoms with van der Waals surface area (Å²) >= 11 is 0. The van der Waals surface area contributed by atoms with Crippen LogP contribution in [0.3, 0.4) is 0 Å². The Balaban J connectivity index is 1.68. The van der Waals surface area contributed by atoms with Gasteiger partial charge in [0.1, 0.15) is 11.8 Å². The number of nitrogens with zero attached hydrogens (tertiary/aromatic N) is 1. The third kappa shape index (κ3) is 4.49. The first kappa shape index (κ1) is 19.4. The molecule has 2 amide bonds. The average Bonchev–Trinajstić information content (AvgIpc) is 2.71. The van der Waals surface area contributed by atoms with Crippen LogP contribution in [0, 0.1) is 0 Å². The number of methoxy groups -OCH3 is 1. The highest BCUT2D eigenvalue weighted by atomic mass is 16.5. The lowest BCUT2D eigenvalue weighted by molar-refractivity contribution is -0.154. The van der Waals surface area contributed by atoms with Gasteiger partial charge in [-0.25, -0.2) is 4.79 Å². The van der Waals surface area contributed by atoms with E-state index in [0.717, 1.165) is 11.1 Å². The molecule has 146 valence electrons. The van der Waals surface area contributed by atoms with Gasteiger partial charge in [-0.2, -0.15) is 0 Å². The molecule has 0 saturated carbocycles. The molecule has 1 N–H and O–H groups in total. The van der Waals surface area contributed by atoms with E-state index in [1.807, 2.05) is 24.3 Å². The molecular weight excluding hydrogens is 360 g/mol. The van der Waals surface area contributed by atoms with Crippen LogP contribution in [-0.2, 0) is 32.1 Å². The molecule has 3 rings (SSSR count). The second-order valence-electron chi connectivity index (χ2n) is 6.53. The zero-order valence-corrected chi connectivity index (χ0v) is 15.8. The number of nitrogens with one attached hydrogen (secondary N) is 1. The van der Waals surface area contributed by atoms with E-state index in [0.29, 0.717) is 24.4 Å². The van der Waals surface area contributed by atoms with Crippen LogP contribution in [0.25, 0.3) is 0 Å². The number of amides is 2. The average molecular weight is 382 g/mol. The third-order valence-corrected chi connectivity index (χ3v) is 4.58. The standard InChI is InChI=1S/C21H22N2O5/c1-14(24)22-17-7-9-18(10-8-17)28-13-20(25)23-12-16-6-4-3-5-15(16)11-19(23)21(26)27-2/h3-10,19H,11-13H2,1-2H3,(H,22,24)/t19-/m0/s1. The van der Waals surface area contributed by atoms with Crippen LogP contribution < -0.4 is 10.1 Å². The molecule has 0 aromatic heterocycles. The molecule has 0 unspecified atom stereocenters. The predicted molar refractivity (Wildman–Crippen MR) is 103 cm³/mol. The quantitative estimate of drug-likeness (QED) is 0.801. The van der Waals surface area contributed by atoms with E-state index in [-0.39, 0.29) is 18.4 Å². The topological polar surface area (TPSA) is 84.9 Å². The minimum atomic E-state index is -0.668. The fourth-order valence-corrected chi connectivity index (χ4v) is 3.20. The largest absolute Gasteiger partial charge is 0.484 e.